The first-order valence-corrected chi connectivity index (χ1v) is 3.68. The molecular weight excluding hydrogens is 174 g/mol. The summed E-state index contributed by atoms with van der Waals surface area (Å²) in [4.78, 5) is 20.2. The highest BCUT2D eigenvalue weighted by atomic mass is 16.6. The fraction of sp³-hybridized carbons (Fsp3) is 0.286. The molecule has 0 fully saturated rings. The van der Waals surface area contributed by atoms with Gasteiger partial charge in [-0.3, -0.25) is 10.1 Å². The number of allylic oxidation sites excluding steroid dienone is 1. The van der Waals surface area contributed by atoms with Crippen LogP contribution in [0.5, 0.6) is 0 Å². The Morgan fingerprint density at radius 2 is 2.46 bits per heavy atom. The van der Waals surface area contributed by atoms with Crippen LogP contribution in [0, 0.1) is 10.1 Å². The molecule has 0 heterocycles. The second kappa shape index (κ2) is 3.70. The van der Waals surface area contributed by atoms with Crippen molar-refractivity contribution in [1.29, 1.82) is 0 Å². The van der Waals surface area contributed by atoms with Crippen LogP contribution in [-0.2, 0) is 0 Å². The molecule has 1 unspecified atom stereocenters. The molecule has 0 bridgehead atoms. The fourth-order valence-corrected chi connectivity index (χ4v) is 1.03. The van der Waals surface area contributed by atoms with E-state index < -0.39 is 11.0 Å². The summed E-state index contributed by atoms with van der Waals surface area (Å²) in [6, 6.07) is -0.867. The minimum atomic E-state index is -0.632. The second-order valence-electron chi connectivity index (χ2n) is 2.60. The number of primary amides is 1. The lowest BCUT2D eigenvalue weighted by atomic mass is 10.1. The minimum absolute atomic E-state index is 0.0440. The molecule has 70 valence electrons. The maximum absolute atomic E-state index is 10.4. The summed E-state index contributed by atoms with van der Waals surface area (Å²) in [6.45, 7) is 0. The number of nitro groups is 1. The lowest BCUT2D eigenvalue weighted by molar-refractivity contribution is -0.419. The van der Waals surface area contributed by atoms with Crippen LogP contribution in [0.15, 0.2) is 23.9 Å². The van der Waals surface area contributed by atoms with Crippen molar-refractivity contribution in [1.82, 2.24) is 5.32 Å². The lowest BCUT2D eigenvalue weighted by Crippen LogP contribution is -2.37. The quantitative estimate of drug-likeness (QED) is 0.470. The molecule has 1 aliphatic carbocycles. The van der Waals surface area contributed by atoms with E-state index >= 15 is 0 Å². The van der Waals surface area contributed by atoms with Gasteiger partial charge in [0.15, 0.2) is 0 Å². The van der Waals surface area contributed by atoms with Crippen molar-refractivity contribution in [2.24, 2.45) is 5.73 Å². The first-order valence-electron chi connectivity index (χ1n) is 3.68. The zero-order valence-corrected chi connectivity index (χ0v) is 6.77. The molecule has 13 heavy (non-hydrogen) atoms. The maximum atomic E-state index is 10.4. The van der Waals surface area contributed by atoms with Crippen molar-refractivity contribution in [3.8, 4) is 0 Å². The molecule has 2 amide bonds. The van der Waals surface area contributed by atoms with Crippen LogP contribution in [0.3, 0.4) is 0 Å². The third-order valence-corrected chi connectivity index (χ3v) is 1.62. The van der Waals surface area contributed by atoms with Gasteiger partial charge in [0.2, 0.25) is 0 Å². The Bertz CT molecular complexity index is 295. The summed E-state index contributed by atoms with van der Waals surface area (Å²) in [6.07, 6.45) is 4.74. The summed E-state index contributed by atoms with van der Waals surface area (Å²) < 4.78 is 0. The fourth-order valence-electron chi connectivity index (χ4n) is 1.03. The van der Waals surface area contributed by atoms with E-state index in [9.17, 15) is 14.9 Å². The van der Waals surface area contributed by atoms with E-state index in [2.05, 4.69) is 5.32 Å². The number of nitrogens with two attached hydrogens (primary N) is 1. The number of carbonyl (C=O) groups is 1. The number of nitrogens with one attached hydrogen (secondary N) is 1. The average Bonchev–Trinajstić information content (AvgIpc) is 2.04. The van der Waals surface area contributed by atoms with Gasteiger partial charge in [-0.05, 0) is 12.5 Å². The number of hydrogen-bond acceptors (Lipinski definition) is 3. The van der Waals surface area contributed by atoms with Crippen LogP contribution < -0.4 is 11.1 Å². The summed E-state index contributed by atoms with van der Waals surface area (Å²) in [7, 11) is 0. The SMILES string of the molecule is NC(=O)NC1C=CC([N+](=O)[O-])=CC1. The molecule has 1 atom stereocenters. The third-order valence-electron chi connectivity index (χ3n) is 1.62. The van der Waals surface area contributed by atoms with Crippen molar-refractivity contribution < 1.29 is 9.72 Å². The highest BCUT2D eigenvalue weighted by Crippen LogP contribution is 2.10. The smallest absolute Gasteiger partial charge is 0.312 e. The van der Waals surface area contributed by atoms with Crippen molar-refractivity contribution >= 4 is 6.03 Å². The zero-order chi connectivity index (χ0) is 9.84. The maximum Gasteiger partial charge on any atom is 0.312 e. The van der Waals surface area contributed by atoms with Gasteiger partial charge in [-0.15, -0.1) is 0 Å². The normalized spacial score (nSPS) is 20.6. The van der Waals surface area contributed by atoms with Crippen molar-refractivity contribution in [2.75, 3.05) is 0 Å². The van der Waals surface area contributed by atoms with Gasteiger partial charge < -0.3 is 11.1 Å². The Morgan fingerprint density at radius 1 is 1.77 bits per heavy atom. The van der Waals surface area contributed by atoms with E-state index in [4.69, 9.17) is 5.73 Å². The molecule has 0 aromatic heterocycles. The van der Waals surface area contributed by atoms with E-state index in [0.29, 0.717) is 6.42 Å². The number of urea groups is 1. The first-order chi connectivity index (χ1) is 6.09. The standard InChI is InChI=1S/C7H9N3O3/c8-7(11)9-5-1-3-6(4-2-5)10(12)13/h1,3-5H,2H2,(H3,8,9,11). The molecule has 6 nitrogen and oxygen atoms in total. The number of hydrogen-bond donors (Lipinski definition) is 2. The molecule has 6 heteroatoms. The number of amides is 2. The molecule has 0 saturated carbocycles. The van der Waals surface area contributed by atoms with E-state index in [1.807, 2.05) is 0 Å². The molecule has 0 aliphatic heterocycles. The molecule has 1 rings (SSSR count). The van der Waals surface area contributed by atoms with E-state index in [1.165, 1.54) is 12.2 Å². The average molecular weight is 183 g/mol. The van der Waals surface area contributed by atoms with Crippen LogP contribution >= 0.6 is 0 Å². The van der Waals surface area contributed by atoms with Crippen LogP contribution in [0.2, 0.25) is 0 Å². The summed E-state index contributed by atoms with van der Waals surface area (Å²) >= 11 is 0. The second-order valence-corrected chi connectivity index (χ2v) is 2.60. The highest BCUT2D eigenvalue weighted by Gasteiger charge is 2.15. The molecule has 0 aromatic rings. The van der Waals surface area contributed by atoms with Gasteiger partial charge in [0, 0.05) is 6.08 Å². The predicted molar refractivity (Wildman–Crippen MR) is 45.3 cm³/mol. The Labute approximate surface area is 74.2 Å². The zero-order valence-electron chi connectivity index (χ0n) is 6.77. The molecule has 0 saturated heterocycles. The van der Waals surface area contributed by atoms with Gasteiger partial charge in [0.05, 0.1) is 11.0 Å². The molecular formula is C7H9N3O3. The highest BCUT2D eigenvalue weighted by molar-refractivity contribution is 5.72. The van der Waals surface area contributed by atoms with E-state index in [1.54, 1.807) is 6.08 Å². The van der Waals surface area contributed by atoms with Crippen molar-refractivity contribution in [2.45, 2.75) is 12.5 Å². The number of carbonyl (C=O) groups excluding carboxylic acids is 1. The Morgan fingerprint density at radius 3 is 2.85 bits per heavy atom. The molecule has 3 N–H and O–H groups in total. The topological polar surface area (TPSA) is 98.3 Å². The monoisotopic (exact) mass is 183 g/mol. The Hall–Kier alpha value is -1.85. The number of nitrogens with zero attached hydrogens (tertiary/aromatic N) is 1. The van der Waals surface area contributed by atoms with Gasteiger partial charge >= 0.3 is 6.03 Å². The largest absolute Gasteiger partial charge is 0.352 e. The first kappa shape index (κ1) is 9.24. The number of rotatable bonds is 2. The van der Waals surface area contributed by atoms with Crippen LogP contribution in [-0.4, -0.2) is 17.0 Å². The van der Waals surface area contributed by atoms with Gasteiger partial charge in [-0.2, -0.15) is 0 Å². The van der Waals surface area contributed by atoms with E-state index in [-0.39, 0.29) is 11.7 Å². The van der Waals surface area contributed by atoms with Gasteiger partial charge in [0.25, 0.3) is 5.70 Å². The minimum Gasteiger partial charge on any atom is -0.352 e. The molecule has 0 radical (unpaired) electrons. The summed E-state index contributed by atoms with van der Waals surface area (Å²) in [5, 5.41) is 12.7. The van der Waals surface area contributed by atoms with Crippen LogP contribution in [0.4, 0.5) is 4.79 Å². The summed E-state index contributed by atoms with van der Waals surface area (Å²) in [5.74, 6) is 0. The Balaban J connectivity index is 2.53. The van der Waals surface area contributed by atoms with Crippen LogP contribution in [0.25, 0.3) is 0 Å². The van der Waals surface area contributed by atoms with Gasteiger partial charge in [-0.1, -0.05) is 6.08 Å². The van der Waals surface area contributed by atoms with Crippen molar-refractivity contribution in [3.63, 3.8) is 0 Å². The van der Waals surface area contributed by atoms with Gasteiger partial charge in [-0.25, -0.2) is 4.79 Å². The molecule has 0 spiro atoms. The predicted octanol–water partition coefficient (Wildman–Crippen LogP) is 0.144. The molecule has 1 aliphatic rings. The third kappa shape index (κ3) is 2.58. The van der Waals surface area contributed by atoms with Crippen LogP contribution in [0.1, 0.15) is 6.42 Å². The Kier molecular flexibility index (Phi) is 2.63. The lowest BCUT2D eigenvalue weighted by Gasteiger charge is -2.12. The van der Waals surface area contributed by atoms with E-state index in [0.717, 1.165) is 0 Å². The van der Waals surface area contributed by atoms with Crippen molar-refractivity contribution in [3.05, 3.63) is 34.0 Å². The summed E-state index contributed by atoms with van der Waals surface area (Å²) in [5.41, 5.74) is 4.92. The van der Waals surface area contributed by atoms with Gasteiger partial charge in [0.1, 0.15) is 0 Å². The molecule has 0 aromatic carbocycles.